The fraction of sp³-hybridized carbons (Fsp3) is 0.158. The van der Waals surface area contributed by atoms with Gasteiger partial charge in [-0.05, 0) is 42.0 Å². The lowest BCUT2D eigenvalue weighted by molar-refractivity contribution is -0.143. The van der Waals surface area contributed by atoms with Gasteiger partial charge in [0.15, 0.2) is 0 Å². The second-order valence-electron chi connectivity index (χ2n) is 6.15. The van der Waals surface area contributed by atoms with E-state index >= 15 is 0 Å². The van der Waals surface area contributed by atoms with Crippen molar-refractivity contribution in [1.82, 2.24) is 9.78 Å². The third-order valence-corrected chi connectivity index (χ3v) is 3.97. The van der Waals surface area contributed by atoms with E-state index in [0.717, 1.165) is 5.56 Å². The number of hydrogen-bond acceptors (Lipinski definition) is 2. The van der Waals surface area contributed by atoms with Crippen molar-refractivity contribution in [2.45, 2.75) is 18.9 Å². The first-order valence-corrected chi connectivity index (χ1v) is 8.19. The first kappa shape index (κ1) is 20.4. The molecule has 0 saturated heterocycles. The van der Waals surface area contributed by atoms with Crippen LogP contribution in [0.2, 0.25) is 0 Å². The minimum atomic E-state index is -4.99. The van der Waals surface area contributed by atoms with Crippen molar-refractivity contribution < 1.29 is 31.1 Å². The zero-order valence-corrected chi connectivity index (χ0v) is 14.6. The van der Waals surface area contributed by atoms with E-state index in [1.165, 1.54) is 12.1 Å². The summed E-state index contributed by atoms with van der Waals surface area (Å²) in [5, 5.41) is 6.13. The van der Waals surface area contributed by atoms with Gasteiger partial charge in [-0.25, -0.2) is 0 Å². The number of halogens is 6. The van der Waals surface area contributed by atoms with Crippen LogP contribution < -0.4 is 5.32 Å². The van der Waals surface area contributed by atoms with Crippen molar-refractivity contribution in [1.29, 1.82) is 0 Å². The van der Waals surface area contributed by atoms with Gasteiger partial charge in [0.25, 0.3) is 5.91 Å². The molecule has 2 aromatic carbocycles. The van der Waals surface area contributed by atoms with Crippen LogP contribution in [0, 0.1) is 0 Å². The molecule has 3 aromatic rings. The molecule has 0 atom stereocenters. The smallest absolute Gasteiger partial charge is 0.322 e. The summed E-state index contributed by atoms with van der Waals surface area (Å²) >= 11 is 0. The van der Waals surface area contributed by atoms with Gasteiger partial charge in [0.05, 0.1) is 17.7 Å². The summed E-state index contributed by atoms with van der Waals surface area (Å²) < 4.78 is 79.1. The van der Waals surface area contributed by atoms with E-state index in [2.05, 4.69) is 10.4 Å². The second kappa shape index (κ2) is 7.61. The van der Waals surface area contributed by atoms with Crippen molar-refractivity contribution in [3.63, 3.8) is 0 Å². The van der Waals surface area contributed by atoms with E-state index in [9.17, 15) is 31.1 Å². The molecule has 0 radical (unpaired) electrons. The Labute approximate surface area is 160 Å². The van der Waals surface area contributed by atoms with Crippen LogP contribution in [0.3, 0.4) is 0 Å². The maximum absolute atomic E-state index is 12.9. The van der Waals surface area contributed by atoms with Gasteiger partial charge in [-0.3, -0.25) is 9.48 Å². The van der Waals surface area contributed by atoms with Gasteiger partial charge in [-0.2, -0.15) is 31.4 Å². The molecule has 0 bridgehead atoms. The Balaban J connectivity index is 1.80. The number of carbonyl (C=O) groups excluding carboxylic acids is 1. The normalized spacial score (nSPS) is 12.1. The van der Waals surface area contributed by atoms with Crippen LogP contribution in [-0.4, -0.2) is 15.7 Å². The van der Waals surface area contributed by atoms with Crippen LogP contribution in [0.25, 0.3) is 0 Å². The number of rotatable bonds is 4. The lowest BCUT2D eigenvalue weighted by Gasteiger charge is -2.15. The van der Waals surface area contributed by atoms with Crippen LogP contribution in [-0.2, 0) is 18.9 Å². The highest BCUT2D eigenvalue weighted by Crippen LogP contribution is 2.37. The summed E-state index contributed by atoms with van der Waals surface area (Å²) in [5.41, 5.74) is -2.71. The van der Waals surface area contributed by atoms with Crippen molar-refractivity contribution in [2.24, 2.45) is 0 Å². The molecule has 29 heavy (non-hydrogen) atoms. The monoisotopic (exact) mass is 413 g/mol. The number of hydrogen-bond donors (Lipinski definition) is 1. The van der Waals surface area contributed by atoms with E-state index in [0.29, 0.717) is 18.7 Å². The van der Waals surface area contributed by atoms with Gasteiger partial charge in [-0.1, -0.05) is 12.1 Å². The number of amides is 1. The van der Waals surface area contributed by atoms with Crippen LogP contribution in [0.1, 0.15) is 27.0 Å². The van der Waals surface area contributed by atoms with Crippen molar-refractivity contribution in [3.05, 3.63) is 83.2 Å². The lowest BCUT2D eigenvalue weighted by Crippen LogP contribution is -2.16. The SMILES string of the molecule is O=C(Nc1cc(C(F)(F)F)cc(C(F)(F)F)c1)c1ccc(Cn2cccn2)cc1. The Hall–Kier alpha value is -3.30. The van der Waals surface area contributed by atoms with Gasteiger partial charge in [0, 0.05) is 23.6 Å². The number of anilines is 1. The van der Waals surface area contributed by atoms with Crippen molar-refractivity contribution >= 4 is 11.6 Å². The Morgan fingerprint density at radius 1 is 0.931 bits per heavy atom. The van der Waals surface area contributed by atoms with Crippen LogP contribution in [0.5, 0.6) is 0 Å². The van der Waals surface area contributed by atoms with Crippen LogP contribution in [0.4, 0.5) is 32.0 Å². The van der Waals surface area contributed by atoms with Crippen molar-refractivity contribution in [2.75, 3.05) is 5.32 Å². The van der Waals surface area contributed by atoms with Gasteiger partial charge in [0.2, 0.25) is 0 Å². The average molecular weight is 413 g/mol. The topological polar surface area (TPSA) is 46.9 Å². The molecule has 0 aliphatic heterocycles. The zero-order valence-electron chi connectivity index (χ0n) is 14.6. The molecule has 1 amide bonds. The number of carbonyl (C=O) groups is 1. The molecular weight excluding hydrogens is 400 g/mol. The molecule has 1 N–H and O–H groups in total. The fourth-order valence-corrected chi connectivity index (χ4v) is 2.57. The molecule has 3 rings (SSSR count). The number of aromatic nitrogens is 2. The molecule has 152 valence electrons. The third kappa shape index (κ3) is 5.15. The lowest BCUT2D eigenvalue weighted by atomic mass is 10.1. The predicted octanol–water partition coefficient (Wildman–Crippen LogP) is 5.22. The van der Waals surface area contributed by atoms with Gasteiger partial charge in [0.1, 0.15) is 0 Å². The number of nitrogens with zero attached hydrogens (tertiary/aromatic N) is 2. The highest BCUT2D eigenvalue weighted by Gasteiger charge is 2.37. The summed E-state index contributed by atoms with van der Waals surface area (Å²) in [6.07, 6.45) is -6.64. The summed E-state index contributed by atoms with van der Waals surface area (Å²) in [6, 6.07) is 8.73. The van der Waals surface area contributed by atoms with E-state index < -0.39 is 35.1 Å². The largest absolute Gasteiger partial charge is 0.416 e. The van der Waals surface area contributed by atoms with E-state index in [1.54, 1.807) is 35.3 Å². The molecule has 1 aromatic heterocycles. The highest BCUT2D eigenvalue weighted by molar-refractivity contribution is 6.04. The summed E-state index contributed by atoms with van der Waals surface area (Å²) in [7, 11) is 0. The zero-order chi connectivity index (χ0) is 21.2. The number of nitrogens with one attached hydrogen (secondary N) is 1. The van der Waals surface area contributed by atoms with E-state index in [-0.39, 0.29) is 11.6 Å². The van der Waals surface area contributed by atoms with Crippen molar-refractivity contribution in [3.8, 4) is 0 Å². The first-order valence-electron chi connectivity index (χ1n) is 8.19. The summed E-state index contributed by atoms with van der Waals surface area (Å²) in [4.78, 5) is 12.3. The quantitative estimate of drug-likeness (QED) is 0.596. The molecule has 1 heterocycles. The molecule has 0 aliphatic rings. The molecule has 0 unspecified atom stereocenters. The van der Waals surface area contributed by atoms with Gasteiger partial charge in [-0.15, -0.1) is 0 Å². The Kier molecular flexibility index (Phi) is 5.36. The average Bonchev–Trinajstić information content (AvgIpc) is 3.13. The molecular formula is C19H13F6N3O. The van der Waals surface area contributed by atoms with Gasteiger partial charge < -0.3 is 5.32 Å². The molecule has 0 saturated carbocycles. The van der Waals surface area contributed by atoms with E-state index in [4.69, 9.17) is 0 Å². The minimum absolute atomic E-state index is 0.000264. The van der Waals surface area contributed by atoms with E-state index in [1.807, 2.05) is 0 Å². The predicted molar refractivity (Wildman–Crippen MR) is 92.2 cm³/mol. The highest BCUT2D eigenvalue weighted by atomic mass is 19.4. The first-order chi connectivity index (χ1) is 13.5. The maximum Gasteiger partial charge on any atom is 0.416 e. The summed E-state index contributed by atoms with van der Waals surface area (Å²) in [5.74, 6) is -0.830. The van der Waals surface area contributed by atoms with Crippen LogP contribution >= 0.6 is 0 Å². The second-order valence-corrected chi connectivity index (χ2v) is 6.15. The summed E-state index contributed by atoms with van der Waals surface area (Å²) in [6.45, 7) is 0.442. The molecule has 10 heteroatoms. The third-order valence-electron chi connectivity index (χ3n) is 3.97. The Bertz CT molecular complexity index is 960. The Morgan fingerprint density at radius 3 is 2.00 bits per heavy atom. The van der Waals surface area contributed by atoms with Gasteiger partial charge >= 0.3 is 12.4 Å². The number of benzene rings is 2. The number of alkyl halides is 6. The molecule has 0 aliphatic carbocycles. The molecule has 0 fully saturated rings. The standard InChI is InChI=1S/C19H13F6N3O/c20-18(21,22)14-8-15(19(23,24)25)10-16(9-14)27-17(29)13-4-2-12(3-5-13)11-28-7-1-6-26-28/h1-10H,11H2,(H,27,29). The Morgan fingerprint density at radius 2 is 1.52 bits per heavy atom. The molecule has 0 spiro atoms. The maximum atomic E-state index is 12.9. The fourth-order valence-electron chi connectivity index (χ4n) is 2.57. The van der Waals surface area contributed by atoms with Crippen LogP contribution in [0.15, 0.2) is 60.9 Å². The minimum Gasteiger partial charge on any atom is -0.322 e. The molecule has 4 nitrogen and oxygen atoms in total.